The largest absolute Gasteiger partial charge is 0.380 e. The van der Waals surface area contributed by atoms with Gasteiger partial charge < -0.3 is 15.4 Å². The van der Waals surface area contributed by atoms with Crippen LogP contribution in [0, 0.1) is 5.41 Å². The van der Waals surface area contributed by atoms with Crippen LogP contribution >= 0.6 is 12.2 Å². The molecule has 0 amide bonds. The van der Waals surface area contributed by atoms with Crippen LogP contribution in [0.4, 0.5) is 0 Å². The van der Waals surface area contributed by atoms with Gasteiger partial charge in [-0.1, -0.05) is 6.92 Å². The fraction of sp³-hybridized carbons (Fsp3) is 0.875. The minimum Gasteiger partial charge on any atom is -0.380 e. The molecule has 0 radical (unpaired) electrons. The first-order valence-corrected chi connectivity index (χ1v) is 4.66. The average molecular weight is 188 g/mol. The molecule has 2 N–H and O–H groups in total. The number of rotatable bonds is 3. The van der Waals surface area contributed by atoms with E-state index in [4.69, 9.17) is 17.0 Å². The van der Waals surface area contributed by atoms with Crippen molar-refractivity contribution in [2.24, 2.45) is 5.41 Å². The molecule has 4 heteroatoms. The molecule has 0 aromatic carbocycles. The molecule has 1 saturated heterocycles. The fourth-order valence-electron chi connectivity index (χ4n) is 1.07. The lowest BCUT2D eigenvalue weighted by Crippen LogP contribution is -2.50. The van der Waals surface area contributed by atoms with Gasteiger partial charge in [-0.05, 0) is 19.1 Å². The van der Waals surface area contributed by atoms with Crippen LogP contribution in [0.2, 0.25) is 0 Å². The first-order valence-electron chi connectivity index (χ1n) is 4.26. The monoisotopic (exact) mass is 188 g/mol. The Morgan fingerprint density at radius 3 is 2.58 bits per heavy atom. The third-order valence-electron chi connectivity index (χ3n) is 1.91. The van der Waals surface area contributed by atoms with Gasteiger partial charge in [-0.15, -0.1) is 0 Å². The van der Waals surface area contributed by atoms with Crippen molar-refractivity contribution >= 4 is 17.3 Å². The Morgan fingerprint density at radius 1 is 1.50 bits per heavy atom. The number of ether oxygens (including phenoxy) is 1. The SMILES string of the molecule is CCNC(=S)NCC1(C)COC1. The van der Waals surface area contributed by atoms with Crippen molar-refractivity contribution < 1.29 is 4.74 Å². The maximum atomic E-state index is 5.13. The zero-order valence-corrected chi connectivity index (χ0v) is 8.46. The van der Waals surface area contributed by atoms with Crippen molar-refractivity contribution in [3.05, 3.63) is 0 Å². The third kappa shape index (κ3) is 2.60. The van der Waals surface area contributed by atoms with E-state index in [1.165, 1.54) is 0 Å². The highest BCUT2D eigenvalue weighted by Crippen LogP contribution is 2.24. The Hall–Kier alpha value is -0.350. The van der Waals surface area contributed by atoms with Gasteiger partial charge in [0.25, 0.3) is 0 Å². The van der Waals surface area contributed by atoms with Crippen LogP contribution in [0.1, 0.15) is 13.8 Å². The van der Waals surface area contributed by atoms with Crippen molar-refractivity contribution in [2.45, 2.75) is 13.8 Å². The van der Waals surface area contributed by atoms with E-state index < -0.39 is 0 Å². The topological polar surface area (TPSA) is 33.3 Å². The van der Waals surface area contributed by atoms with E-state index in [-0.39, 0.29) is 0 Å². The summed E-state index contributed by atoms with van der Waals surface area (Å²) < 4.78 is 5.13. The highest BCUT2D eigenvalue weighted by molar-refractivity contribution is 7.80. The number of hydrogen-bond acceptors (Lipinski definition) is 2. The van der Waals surface area contributed by atoms with E-state index in [0.717, 1.165) is 31.4 Å². The molecule has 1 fully saturated rings. The first-order chi connectivity index (χ1) is 5.66. The fourth-order valence-corrected chi connectivity index (χ4v) is 1.29. The summed E-state index contributed by atoms with van der Waals surface area (Å²) >= 11 is 5.03. The second kappa shape index (κ2) is 4.05. The van der Waals surface area contributed by atoms with E-state index in [1.807, 2.05) is 6.92 Å². The van der Waals surface area contributed by atoms with Gasteiger partial charge in [0.2, 0.25) is 0 Å². The minimum atomic E-state index is 0.291. The third-order valence-corrected chi connectivity index (χ3v) is 2.20. The highest BCUT2D eigenvalue weighted by atomic mass is 32.1. The van der Waals surface area contributed by atoms with E-state index in [2.05, 4.69) is 17.6 Å². The number of nitrogens with one attached hydrogen (secondary N) is 2. The lowest BCUT2D eigenvalue weighted by atomic mass is 9.89. The van der Waals surface area contributed by atoms with Crippen molar-refractivity contribution in [3.63, 3.8) is 0 Å². The quantitative estimate of drug-likeness (QED) is 0.632. The molecule has 0 aromatic rings. The average Bonchev–Trinajstić information content (AvgIpc) is 1.98. The molecule has 1 aliphatic rings. The molecule has 0 bridgehead atoms. The molecular weight excluding hydrogens is 172 g/mol. The molecule has 3 nitrogen and oxygen atoms in total. The molecule has 1 rings (SSSR count). The standard InChI is InChI=1S/C8H16N2OS/c1-3-9-7(12)10-4-8(2)5-11-6-8/h3-6H2,1-2H3,(H2,9,10,12). The minimum absolute atomic E-state index is 0.291. The predicted molar refractivity (Wildman–Crippen MR) is 53.2 cm³/mol. The Balaban J connectivity index is 2.12. The summed E-state index contributed by atoms with van der Waals surface area (Å²) in [7, 11) is 0. The van der Waals surface area contributed by atoms with E-state index >= 15 is 0 Å². The molecule has 1 aliphatic heterocycles. The molecular formula is C8H16N2OS. The molecule has 1 heterocycles. The van der Waals surface area contributed by atoms with Crippen LogP contribution in [0.25, 0.3) is 0 Å². The summed E-state index contributed by atoms with van der Waals surface area (Å²) in [5, 5.41) is 6.95. The van der Waals surface area contributed by atoms with Crippen LogP contribution in [-0.2, 0) is 4.74 Å². The zero-order chi connectivity index (χ0) is 9.03. The van der Waals surface area contributed by atoms with Gasteiger partial charge in [0, 0.05) is 18.5 Å². The normalized spacial score (nSPS) is 19.5. The zero-order valence-electron chi connectivity index (χ0n) is 7.64. The first kappa shape index (κ1) is 9.74. The van der Waals surface area contributed by atoms with E-state index in [1.54, 1.807) is 0 Å². The second-order valence-corrected chi connectivity index (χ2v) is 3.92. The Bertz CT molecular complexity index is 168. The Morgan fingerprint density at radius 2 is 2.17 bits per heavy atom. The van der Waals surface area contributed by atoms with Crippen LogP contribution in [0.15, 0.2) is 0 Å². The Kier molecular flexibility index (Phi) is 3.29. The van der Waals surface area contributed by atoms with E-state index in [0.29, 0.717) is 5.41 Å². The summed E-state index contributed by atoms with van der Waals surface area (Å²) in [5.74, 6) is 0. The van der Waals surface area contributed by atoms with Crippen LogP contribution in [0.5, 0.6) is 0 Å². The van der Waals surface area contributed by atoms with Crippen molar-refractivity contribution in [3.8, 4) is 0 Å². The van der Waals surface area contributed by atoms with Crippen LogP contribution in [0.3, 0.4) is 0 Å². The summed E-state index contributed by atoms with van der Waals surface area (Å²) in [4.78, 5) is 0. The van der Waals surface area contributed by atoms with Gasteiger partial charge in [0.1, 0.15) is 0 Å². The molecule has 0 saturated carbocycles. The summed E-state index contributed by atoms with van der Waals surface area (Å²) in [6, 6.07) is 0. The number of hydrogen-bond donors (Lipinski definition) is 2. The van der Waals surface area contributed by atoms with Gasteiger partial charge in [-0.2, -0.15) is 0 Å². The lowest BCUT2D eigenvalue weighted by Gasteiger charge is -2.38. The summed E-state index contributed by atoms with van der Waals surface area (Å²) in [6.45, 7) is 7.68. The lowest BCUT2D eigenvalue weighted by molar-refractivity contribution is -0.0970. The highest BCUT2D eigenvalue weighted by Gasteiger charge is 2.33. The summed E-state index contributed by atoms with van der Waals surface area (Å²) in [5.41, 5.74) is 0.291. The van der Waals surface area contributed by atoms with E-state index in [9.17, 15) is 0 Å². The molecule has 70 valence electrons. The van der Waals surface area contributed by atoms with Gasteiger partial charge in [0.05, 0.1) is 13.2 Å². The smallest absolute Gasteiger partial charge is 0.166 e. The van der Waals surface area contributed by atoms with Crippen molar-refractivity contribution in [1.29, 1.82) is 0 Å². The molecule has 0 aromatic heterocycles. The number of thiocarbonyl (C=S) groups is 1. The van der Waals surface area contributed by atoms with Gasteiger partial charge >= 0.3 is 0 Å². The predicted octanol–water partition coefficient (Wildman–Crippen LogP) is 0.507. The molecule has 0 atom stereocenters. The molecule has 0 aliphatic carbocycles. The van der Waals surface area contributed by atoms with Crippen molar-refractivity contribution in [2.75, 3.05) is 26.3 Å². The summed E-state index contributed by atoms with van der Waals surface area (Å²) in [6.07, 6.45) is 0. The van der Waals surface area contributed by atoms with Crippen LogP contribution < -0.4 is 10.6 Å². The Labute approximate surface area is 78.9 Å². The van der Waals surface area contributed by atoms with Crippen molar-refractivity contribution in [1.82, 2.24) is 10.6 Å². The van der Waals surface area contributed by atoms with Gasteiger partial charge in [0.15, 0.2) is 5.11 Å². The van der Waals surface area contributed by atoms with Gasteiger partial charge in [-0.25, -0.2) is 0 Å². The molecule has 12 heavy (non-hydrogen) atoms. The maximum absolute atomic E-state index is 5.13. The van der Waals surface area contributed by atoms with Gasteiger partial charge in [-0.3, -0.25) is 0 Å². The van der Waals surface area contributed by atoms with Crippen LogP contribution in [-0.4, -0.2) is 31.4 Å². The second-order valence-electron chi connectivity index (χ2n) is 3.52. The molecule has 0 spiro atoms. The maximum Gasteiger partial charge on any atom is 0.166 e. The molecule has 0 unspecified atom stereocenters.